The van der Waals surface area contributed by atoms with Crippen LogP contribution in [0.2, 0.25) is 10.0 Å². The molecule has 5 nitrogen and oxygen atoms in total. The van der Waals surface area contributed by atoms with Gasteiger partial charge in [-0.05, 0) is 81.7 Å². The first-order valence-corrected chi connectivity index (χ1v) is 13.8. The van der Waals surface area contributed by atoms with Gasteiger partial charge in [-0.25, -0.2) is 0 Å². The van der Waals surface area contributed by atoms with Crippen molar-refractivity contribution in [3.63, 3.8) is 0 Å². The Bertz CT molecular complexity index is 971. The first kappa shape index (κ1) is 26.8. The minimum absolute atomic E-state index is 0.0351. The largest absolute Gasteiger partial charge is 0.341 e. The summed E-state index contributed by atoms with van der Waals surface area (Å²) in [5, 5.41) is 4.58. The maximum absolute atomic E-state index is 13.0. The Morgan fingerprint density at radius 1 is 1.11 bits per heavy atom. The van der Waals surface area contributed by atoms with Crippen molar-refractivity contribution in [1.82, 2.24) is 20.0 Å². The molecule has 1 amide bonds. The molecule has 2 aromatic carbocycles. The number of likely N-dealkylation sites (N-methyl/N-ethyl adjacent to an activating group) is 1. The SMILES string of the molecule is CN(C[C@@H](CCN1CCC(N2CCCN[C@@H]2S)CC1)c1ccc(Cl)c(Cl)c1)C(=O)c1ccccc1. The van der Waals surface area contributed by atoms with Crippen LogP contribution in [-0.4, -0.2) is 78.5 Å². The minimum Gasteiger partial charge on any atom is -0.341 e. The molecule has 35 heavy (non-hydrogen) atoms. The lowest BCUT2D eigenvalue weighted by Gasteiger charge is -2.43. The van der Waals surface area contributed by atoms with Crippen LogP contribution in [0.3, 0.4) is 0 Å². The highest BCUT2D eigenvalue weighted by Gasteiger charge is 2.30. The molecule has 2 saturated heterocycles. The van der Waals surface area contributed by atoms with Gasteiger partial charge in [-0.15, -0.1) is 12.6 Å². The molecule has 2 fully saturated rings. The van der Waals surface area contributed by atoms with Crippen LogP contribution < -0.4 is 5.32 Å². The number of rotatable bonds is 8. The van der Waals surface area contributed by atoms with Gasteiger partial charge in [0, 0.05) is 37.7 Å². The fraction of sp³-hybridized carbons (Fsp3) is 0.519. The lowest BCUT2D eigenvalue weighted by atomic mass is 9.93. The van der Waals surface area contributed by atoms with Gasteiger partial charge in [0.15, 0.2) is 0 Å². The lowest BCUT2D eigenvalue weighted by molar-refractivity contribution is 0.0721. The molecular weight excluding hydrogens is 499 g/mol. The van der Waals surface area contributed by atoms with Gasteiger partial charge >= 0.3 is 0 Å². The van der Waals surface area contributed by atoms with Crippen LogP contribution in [0.4, 0.5) is 0 Å². The zero-order chi connectivity index (χ0) is 24.8. The van der Waals surface area contributed by atoms with E-state index in [2.05, 4.69) is 15.1 Å². The molecule has 2 heterocycles. The summed E-state index contributed by atoms with van der Waals surface area (Å²) in [7, 11) is 1.88. The van der Waals surface area contributed by atoms with Crippen molar-refractivity contribution < 1.29 is 4.79 Å². The minimum atomic E-state index is 0.0351. The van der Waals surface area contributed by atoms with E-state index in [9.17, 15) is 4.79 Å². The molecule has 0 unspecified atom stereocenters. The van der Waals surface area contributed by atoms with Crippen LogP contribution in [-0.2, 0) is 0 Å². The number of benzene rings is 2. The monoisotopic (exact) mass is 534 g/mol. The van der Waals surface area contributed by atoms with Crippen molar-refractivity contribution in [3.05, 3.63) is 69.7 Å². The molecule has 2 aliphatic heterocycles. The smallest absolute Gasteiger partial charge is 0.253 e. The van der Waals surface area contributed by atoms with Crippen LogP contribution >= 0.6 is 35.8 Å². The number of halogens is 2. The fourth-order valence-electron chi connectivity index (χ4n) is 5.27. The summed E-state index contributed by atoms with van der Waals surface area (Å²) < 4.78 is 0. The number of hydrogen-bond acceptors (Lipinski definition) is 5. The molecule has 0 bridgehead atoms. The summed E-state index contributed by atoms with van der Waals surface area (Å²) in [6.45, 7) is 5.99. The highest BCUT2D eigenvalue weighted by Crippen LogP contribution is 2.30. The zero-order valence-corrected chi connectivity index (χ0v) is 22.8. The molecule has 0 saturated carbocycles. The van der Waals surface area contributed by atoms with Crippen molar-refractivity contribution in [2.45, 2.75) is 43.1 Å². The second-order valence-corrected chi connectivity index (χ2v) is 11.0. The predicted octanol–water partition coefficient (Wildman–Crippen LogP) is 5.21. The number of nitrogens with zero attached hydrogens (tertiary/aromatic N) is 3. The van der Waals surface area contributed by atoms with E-state index in [1.54, 1.807) is 0 Å². The third-order valence-electron chi connectivity index (χ3n) is 7.33. The number of amides is 1. The number of hydrogen-bond donors (Lipinski definition) is 2. The maximum Gasteiger partial charge on any atom is 0.253 e. The average molecular weight is 536 g/mol. The molecule has 190 valence electrons. The first-order valence-electron chi connectivity index (χ1n) is 12.6. The second-order valence-electron chi connectivity index (χ2n) is 9.70. The predicted molar refractivity (Wildman–Crippen MR) is 149 cm³/mol. The summed E-state index contributed by atoms with van der Waals surface area (Å²) in [5.74, 6) is 0.209. The van der Waals surface area contributed by atoms with Gasteiger partial charge in [0.25, 0.3) is 5.91 Å². The lowest BCUT2D eigenvalue weighted by Crippen LogP contribution is -2.55. The van der Waals surface area contributed by atoms with Crippen molar-refractivity contribution in [2.75, 3.05) is 46.3 Å². The molecule has 2 aliphatic rings. The zero-order valence-electron chi connectivity index (χ0n) is 20.4. The third kappa shape index (κ3) is 7.15. The van der Waals surface area contributed by atoms with Gasteiger partial charge in [-0.3, -0.25) is 15.0 Å². The van der Waals surface area contributed by atoms with E-state index in [0.717, 1.165) is 44.7 Å². The number of thiol groups is 1. The Hall–Kier alpha value is -1.28. The van der Waals surface area contributed by atoms with Crippen LogP contribution in [0.25, 0.3) is 0 Å². The molecule has 0 aliphatic carbocycles. The highest BCUT2D eigenvalue weighted by atomic mass is 35.5. The first-order chi connectivity index (χ1) is 16.9. The summed E-state index contributed by atoms with van der Waals surface area (Å²) >= 11 is 17.3. The van der Waals surface area contributed by atoms with E-state index in [1.165, 1.54) is 19.3 Å². The fourth-order valence-corrected chi connectivity index (χ4v) is 6.01. The molecule has 8 heteroatoms. The van der Waals surface area contributed by atoms with E-state index in [0.29, 0.717) is 28.2 Å². The van der Waals surface area contributed by atoms with Gasteiger partial charge in [0.1, 0.15) is 5.50 Å². The Balaban J connectivity index is 1.37. The number of nitrogens with one attached hydrogen (secondary N) is 1. The summed E-state index contributed by atoms with van der Waals surface area (Å²) in [4.78, 5) is 19.9. The van der Waals surface area contributed by atoms with Crippen LogP contribution in [0.5, 0.6) is 0 Å². The highest BCUT2D eigenvalue weighted by molar-refractivity contribution is 7.80. The van der Waals surface area contributed by atoms with Gasteiger partial charge in [-0.2, -0.15) is 0 Å². The van der Waals surface area contributed by atoms with E-state index in [4.69, 9.17) is 35.8 Å². The van der Waals surface area contributed by atoms with Crippen molar-refractivity contribution >= 4 is 41.7 Å². The Labute approximate surface area is 225 Å². The van der Waals surface area contributed by atoms with E-state index >= 15 is 0 Å². The van der Waals surface area contributed by atoms with E-state index in [1.807, 2.05) is 60.5 Å². The molecule has 2 aromatic rings. The van der Waals surface area contributed by atoms with Gasteiger partial charge in [-0.1, -0.05) is 47.5 Å². The topological polar surface area (TPSA) is 38.8 Å². The molecule has 1 N–H and O–H groups in total. The number of carbonyl (C=O) groups is 1. The number of piperidine rings is 1. The molecule has 2 atom stereocenters. The summed E-state index contributed by atoms with van der Waals surface area (Å²) in [6.07, 6.45) is 4.48. The number of likely N-dealkylation sites (tertiary alicyclic amines) is 1. The number of carbonyl (C=O) groups excluding carboxylic acids is 1. The Kier molecular flexibility index (Phi) is 9.79. The average Bonchev–Trinajstić information content (AvgIpc) is 2.89. The maximum atomic E-state index is 13.0. The van der Waals surface area contributed by atoms with Crippen LogP contribution in [0.1, 0.15) is 47.5 Å². The Morgan fingerprint density at radius 3 is 2.54 bits per heavy atom. The molecule has 0 aromatic heterocycles. The molecule has 4 rings (SSSR count). The van der Waals surface area contributed by atoms with Crippen LogP contribution in [0.15, 0.2) is 48.5 Å². The van der Waals surface area contributed by atoms with E-state index < -0.39 is 0 Å². The Morgan fingerprint density at radius 2 is 1.86 bits per heavy atom. The van der Waals surface area contributed by atoms with Crippen molar-refractivity contribution in [1.29, 1.82) is 0 Å². The third-order valence-corrected chi connectivity index (χ3v) is 8.55. The standard InChI is InChI=1S/C27H36Cl2N4OS/c1-31(26(34)20-6-3-2-4-7-20)19-22(21-8-9-24(28)25(29)18-21)10-15-32-16-11-23(12-17-32)33-14-5-13-30-27(33)35/h2-4,6-9,18,22-23,27,30,35H,5,10-17,19H2,1H3/t22-,27+/m1/s1. The summed E-state index contributed by atoms with van der Waals surface area (Å²) in [6, 6.07) is 15.9. The molecule has 0 radical (unpaired) electrons. The van der Waals surface area contributed by atoms with Crippen LogP contribution in [0, 0.1) is 0 Å². The quantitative estimate of drug-likeness (QED) is 0.456. The van der Waals surface area contributed by atoms with Crippen molar-refractivity contribution in [3.8, 4) is 0 Å². The molecular formula is C27H36Cl2N4OS. The summed E-state index contributed by atoms with van der Waals surface area (Å²) in [5.41, 5.74) is 2.01. The van der Waals surface area contributed by atoms with Gasteiger partial charge in [0.05, 0.1) is 10.0 Å². The van der Waals surface area contributed by atoms with E-state index in [-0.39, 0.29) is 17.3 Å². The second kappa shape index (κ2) is 12.8. The van der Waals surface area contributed by atoms with Crippen molar-refractivity contribution in [2.24, 2.45) is 0 Å². The normalized spacial score (nSPS) is 21.1. The van der Waals surface area contributed by atoms with Gasteiger partial charge < -0.3 is 9.80 Å². The van der Waals surface area contributed by atoms with Gasteiger partial charge in [0.2, 0.25) is 0 Å². The molecule has 0 spiro atoms.